The zero-order valence-corrected chi connectivity index (χ0v) is 16.6. The van der Waals surface area contributed by atoms with Crippen molar-refractivity contribution < 1.29 is 9.72 Å². The number of non-ortho nitro benzene ring substituents is 1. The lowest BCUT2D eigenvalue weighted by molar-refractivity contribution is -0.384. The molecule has 0 saturated heterocycles. The van der Waals surface area contributed by atoms with Crippen LogP contribution in [0.25, 0.3) is 0 Å². The second-order valence-corrected chi connectivity index (χ2v) is 7.07. The molecule has 2 aromatic carbocycles. The first-order valence-electron chi connectivity index (χ1n) is 9.16. The standard InChI is InChI=1S/C21H23N5O3/c1-24(2)11-12-25(3)14-19-21(27)23-18-10-9-16(26(28)29)13-17(18)20(22-19)15-7-5-4-6-8-15/h4-10,13-14H,11-12H2,1-3H3,(H,23,27). The molecule has 1 aliphatic rings. The van der Waals surface area contributed by atoms with Crippen LogP contribution in [-0.2, 0) is 4.79 Å². The third-order valence-corrected chi connectivity index (χ3v) is 4.47. The molecule has 1 heterocycles. The SMILES string of the molecule is CN(C)CCN(C)C=C1N=C(c2ccccc2)c2cc([N+](=O)[O-])ccc2NC1=O. The van der Waals surface area contributed by atoms with Crippen molar-refractivity contribution in [3.8, 4) is 0 Å². The summed E-state index contributed by atoms with van der Waals surface area (Å²) in [6, 6.07) is 13.7. The fraction of sp³-hybridized carbons (Fsp3) is 0.238. The molecule has 0 unspecified atom stereocenters. The van der Waals surface area contributed by atoms with Gasteiger partial charge in [0.15, 0.2) is 0 Å². The number of nitro groups is 1. The average Bonchev–Trinajstić information content (AvgIpc) is 2.83. The molecule has 29 heavy (non-hydrogen) atoms. The Kier molecular flexibility index (Phi) is 6.04. The molecule has 0 atom stereocenters. The molecule has 8 nitrogen and oxygen atoms in total. The molecule has 0 saturated carbocycles. The minimum absolute atomic E-state index is 0.0582. The van der Waals surface area contributed by atoms with Crippen LogP contribution in [0, 0.1) is 10.1 Å². The van der Waals surface area contributed by atoms with E-state index in [0.717, 1.165) is 18.7 Å². The number of nitro benzene ring substituents is 1. The van der Waals surface area contributed by atoms with Crippen molar-refractivity contribution in [2.75, 3.05) is 39.5 Å². The van der Waals surface area contributed by atoms with Crippen molar-refractivity contribution in [1.82, 2.24) is 9.80 Å². The van der Waals surface area contributed by atoms with Crippen molar-refractivity contribution in [2.45, 2.75) is 0 Å². The number of anilines is 1. The van der Waals surface area contributed by atoms with Crippen molar-refractivity contribution >= 4 is 23.0 Å². The van der Waals surface area contributed by atoms with Crippen LogP contribution in [-0.4, -0.2) is 60.6 Å². The number of benzene rings is 2. The number of fused-ring (bicyclic) bond motifs is 1. The van der Waals surface area contributed by atoms with Crippen LogP contribution in [0.4, 0.5) is 11.4 Å². The largest absolute Gasteiger partial charge is 0.377 e. The van der Waals surface area contributed by atoms with Crippen LogP contribution in [0.15, 0.2) is 65.4 Å². The van der Waals surface area contributed by atoms with Gasteiger partial charge >= 0.3 is 0 Å². The topological polar surface area (TPSA) is 91.1 Å². The monoisotopic (exact) mass is 393 g/mol. The highest BCUT2D eigenvalue weighted by molar-refractivity contribution is 6.22. The Morgan fingerprint density at radius 1 is 1.10 bits per heavy atom. The first-order chi connectivity index (χ1) is 13.8. The average molecular weight is 393 g/mol. The first kappa shape index (κ1) is 20.2. The predicted molar refractivity (Wildman–Crippen MR) is 113 cm³/mol. The van der Waals surface area contributed by atoms with Crippen LogP contribution in [0.2, 0.25) is 0 Å². The van der Waals surface area contributed by atoms with Crippen LogP contribution in [0.3, 0.4) is 0 Å². The Bertz CT molecular complexity index is 983. The van der Waals surface area contributed by atoms with Crippen LogP contribution >= 0.6 is 0 Å². The summed E-state index contributed by atoms with van der Waals surface area (Å²) in [6.07, 6.45) is 1.70. The number of rotatable bonds is 6. The van der Waals surface area contributed by atoms with Gasteiger partial charge in [-0.1, -0.05) is 30.3 Å². The maximum atomic E-state index is 12.8. The molecule has 0 bridgehead atoms. The minimum atomic E-state index is -0.457. The van der Waals surface area contributed by atoms with Gasteiger partial charge in [-0.2, -0.15) is 0 Å². The van der Waals surface area contributed by atoms with Crippen LogP contribution in [0.5, 0.6) is 0 Å². The van der Waals surface area contributed by atoms with Crippen molar-refractivity contribution in [2.24, 2.45) is 4.99 Å². The lowest BCUT2D eigenvalue weighted by Crippen LogP contribution is -2.26. The van der Waals surface area contributed by atoms with Crippen LogP contribution < -0.4 is 5.32 Å². The predicted octanol–water partition coefficient (Wildman–Crippen LogP) is 2.72. The van der Waals surface area contributed by atoms with Gasteiger partial charge in [-0.3, -0.25) is 14.9 Å². The number of hydrogen-bond donors (Lipinski definition) is 1. The summed E-state index contributed by atoms with van der Waals surface area (Å²) >= 11 is 0. The fourth-order valence-electron chi connectivity index (χ4n) is 2.90. The van der Waals surface area contributed by atoms with Crippen molar-refractivity contribution in [3.63, 3.8) is 0 Å². The lowest BCUT2D eigenvalue weighted by Gasteiger charge is -2.18. The quantitative estimate of drug-likeness (QED) is 0.463. The highest BCUT2D eigenvalue weighted by Crippen LogP contribution is 2.29. The Labute approximate surface area is 169 Å². The molecule has 1 amide bonds. The number of likely N-dealkylation sites (N-methyl/N-ethyl adjacent to an activating group) is 2. The zero-order valence-electron chi connectivity index (χ0n) is 16.6. The van der Waals surface area contributed by atoms with Gasteiger partial charge in [0.1, 0.15) is 5.70 Å². The highest BCUT2D eigenvalue weighted by atomic mass is 16.6. The molecule has 3 rings (SSSR count). The van der Waals surface area contributed by atoms with E-state index in [0.29, 0.717) is 17.0 Å². The number of nitrogens with one attached hydrogen (secondary N) is 1. The van der Waals surface area contributed by atoms with Gasteiger partial charge < -0.3 is 15.1 Å². The second kappa shape index (κ2) is 8.66. The van der Waals surface area contributed by atoms with E-state index in [4.69, 9.17) is 0 Å². The molecular formula is C21H23N5O3. The fourth-order valence-corrected chi connectivity index (χ4v) is 2.90. The first-order valence-corrected chi connectivity index (χ1v) is 9.16. The number of hydrogen-bond acceptors (Lipinski definition) is 6. The third-order valence-electron chi connectivity index (χ3n) is 4.47. The number of nitrogens with zero attached hydrogens (tertiary/aromatic N) is 4. The van der Waals surface area contributed by atoms with E-state index in [1.807, 2.05) is 56.4 Å². The van der Waals surface area contributed by atoms with Gasteiger partial charge in [0.05, 0.1) is 16.3 Å². The van der Waals surface area contributed by atoms with E-state index in [9.17, 15) is 14.9 Å². The number of carbonyl (C=O) groups is 1. The summed E-state index contributed by atoms with van der Waals surface area (Å²) in [5, 5.41) is 14.1. The van der Waals surface area contributed by atoms with E-state index in [1.165, 1.54) is 12.1 Å². The zero-order chi connectivity index (χ0) is 21.0. The molecule has 150 valence electrons. The molecule has 8 heteroatoms. The van der Waals surface area contributed by atoms with E-state index < -0.39 is 4.92 Å². The maximum absolute atomic E-state index is 12.8. The number of aliphatic imine (C=N–C) groups is 1. The second-order valence-electron chi connectivity index (χ2n) is 7.07. The summed E-state index contributed by atoms with van der Waals surface area (Å²) in [7, 11) is 5.84. The summed E-state index contributed by atoms with van der Waals surface area (Å²) < 4.78 is 0. The Balaban J connectivity index is 2.11. The number of amides is 1. The Morgan fingerprint density at radius 3 is 2.48 bits per heavy atom. The van der Waals surface area contributed by atoms with Gasteiger partial charge in [0.2, 0.25) is 0 Å². The van der Waals surface area contributed by atoms with E-state index in [2.05, 4.69) is 15.2 Å². The van der Waals surface area contributed by atoms with Gasteiger partial charge in [-0.15, -0.1) is 0 Å². The van der Waals surface area contributed by atoms with Gasteiger partial charge in [0.25, 0.3) is 11.6 Å². The van der Waals surface area contributed by atoms with Crippen LogP contribution in [0.1, 0.15) is 11.1 Å². The Morgan fingerprint density at radius 2 is 1.83 bits per heavy atom. The maximum Gasteiger partial charge on any atom is 0.275 e. The van der Waals surface area contributed by atoms with Gasteiger partial charge in [-0.05, 0) is 20.2 Å². The lowest BCUT2D eigenvalue weighted by atomic mass is 10.00. The molecule has 0 radical (unpaired) electrons. The summed E-state index contributed by atoms with van der Waals surface area (Å²) in [4.78, 5) is 32.2. The molecule has 0 aromatic heterocycles. The van der Waals surface area contributed by atoms with Crippen molar-refractivity contribution in [1.29, 1.82) is 0 Å². The third kappa shape index (κ3) is 4.85. The molecule has 1 aliphatic heterocycles. The molecular weight excluding hydrogens is 370 g/mol. The molecule has 1 N–H and O–H groups in total. The van der Waals surface area contributed by atoms with E-state index >= 15 is 0 Å². The summed E-state index contributed by atoms with van der Waals surface area (Å²) in [6.45, 7) is 1.54. The number of carbonyl (C=O) groups excluding carboxylic acids is 1. The molecule has 2 aromatic rings. The summed E-state index contributed by atoms with van der Waals surface area (Å²) in [5.74, 6) is -0.359. The highest BCUT2D eigenvalue weighted by Gasteiger charge is 2.24. The number of benzodiazepines with no additional fused rings is 1. The smallest absolute Gasteiger partial charge is 0.275 e. The van der Waals surface area contributed by atoms with Gasteiger partial charge in [-0.25, -0.2) is 4.99 Å². The van der Waals surface area contributed by atoms with Crippen molar-refractivity contribution in [3.05, 3.63) is 81.7 Å². The van der Waals surface area contributed by atoms with E-state index in [-0.39, 0.29) is 17.3 Å². The molecule has 0 aliphatic carbocycles. The minimum Gasteiger partial charge on any atom is -0.377 e. The molecule has 0 fully saturated rings. The van der Waals surface area contributed by atoms with Gasteiger partial charge in [0, 0.05) is 49.6 Å². The van der Waals surface area contributed by atoms with E-state index in [1.54, 1.807) is 12.3 Å². The summed E-state index contributed by atoms with van der Waals surface area (Å²) in [5.41, 5.74) is 2.46. The Hall–Kier alpha value is -3.52. The normalized spacial score (nSPS) is 14.8. The molecule has 0 spiro atoms.